The summed E-state index contributed by atoms with van der Waals surface area (Å²) in [5.41, 5.74) is 1.82. The molecular weight excluding hydrogens is 296 g/mol. The fourth-order valence-corrected chi connectivity index (χ4v) is 2.81. The molecule has 0 aliphatic heterocycles. The van der Waals surface area contributed by atoms with Crippen molar-refractivity contribution in [3.05, 3.63) is 33.2 Å². The molecule has 1 aromatic carbocycles. The zero-order valence-corrected chi connectivity index (χ0v) is 13.4. The summed E-state index contributed by atoms with van der Waals surface area (Å²) >= 11 is 7.79. The molecule has 2 aromatic rings. The Morgan fingerprint density at radius 3 is 2.50 bits per heavy atom. The molecule has 0 aliphatic rings. The molecule has 1 aromatic heterocycles. The highest BCUT2D eigenvalue weighted by molar-refractivity contribution is 7.09. The fraction of sp³-hybridized carbons (Fsp3) is 0.357. The molecule has 0 fully saturated rings. The third-order valence-corrected chi connectivity index (χ3v) is 4.01. The van der Waals surface area contributed by atoms with Gasteiger partial charge in [0.2, 0.25) is 0 Å². The lowest BCUT2D eigenvalue weighted by atomic mass is 10.2. The first-order valence-corrected chi connectivity index (χ1v) is 7.41. The molecule has 108 valence electrons. The van der Waals surface area contributed by atoms with E-state index in [1.807, 2.05) is 19.2 Å². The zero-order valence-electron chi connectivity index (χ0n) is 11.9. The number of rotatable bonds is 5. The van der Waals surface area contributed by atoms with Crippen LogP contribution in [0.5, 0.6) is 11.5 Å². The number of hydrogen-bond donors (Lipinski definition) is 1. The van der Waals surface area contributed by atoms with Crippen molar-refractivity contribution in [2.45, 2.75) is 19.9 Å². The first-order chi connectivity index (χ1) is 9.55. The number of nitrogens with one attached hydrogen (secondary N) is 1. The lowest BCUT2D eigenvalue weighted by Gasteiger charge is -2.17. The van der Waals surface area contributed by atoms with E-state index in [0.717, 1.165) is 16.4 Å². The molecule has 0 saturated heterocycles. The second-order valence-electron chi connectivity index (χ2n) is 4.34. The van der Waals surface area contributed by atoms with E-state index < -0.39 is 0 Å². The van der Waals surface area contributed by atoms with E-state index in [2.05, 4.69) is 10.3 Å². The van der Waals surface area contributed by atoms with Gasteiger partial charge in [0.05, 0.1) is 41.7 Å². The van der Waals surface area contributed by atoms with Crippen LogP contribution in [0, 0.1) is 6.92 Å². The van der Waals surface area contributed by atoms with Crippen LogP contribution in [-0.4, -0.2) is 19.2 Å². The molecule has 0 bridgehead atoms. The zero-order chi connectivity index (χ0) is 14.7. The normalized spacial score (nSPS) is 12.1. The summed E-state index contributed by atoms with van der Waals surface area (Å²) in [4.78, 5) is 4.48. The van der Waals surface area contributed by atoms with E-state index in [-0.39, 0.29) is 6.04 Å². The Hall–Kier alpha value is -1.46. The standard InChI is InChI=1S/C14H17ClN2O2S/c1-8(12-7-20-9(2)17-12)16-11-5-10(15)13(18-3)6-14(11)19-4/h5-8,16H,1-4H3. The van der Waals surface area contributed by atoms with Crippen molar-refractivity contribution in [1.29, 1.82) is 0 Å². The van der Waals surface area contributed by atoms with Crippen LogP contribution in [0.25, 0.3) is 0 Å². The number of thiazole rings is 1. The molecule has 0 spiro atoms. The van der Waals surface area contributed by atoms with Crippen molar-refractivity contribution in [2.75, 3.05) is 19.5 Å². The first-order valence-electron chi connectivity index (χ1n) is 6.15. The Morgan fingerprint density at radius 2 is 1.95 bits per heavy atom. The van der Waals surface area contributed by atoms with Gasteiger partial charge >= 0.3 is 0 Å². The molecule has 6 heteroatoms. The van der Waals surface area contributed by atoms with Crippen molar-refractivity contribution in [3.8, 4) is 11.5 Å². The van der Waals surface area contributed by atoms with E-state index in [4.69, 9.17) is 21.1 Å². The smallest absolute Gasteiger partial charge is 0.145 e. The first kappa shape index (κ1) is 14.9. The summed E-state index contributed by atoms with van der Waals surface area (Å²) in [6.45, 7) is 4.04. The van der Waals surface area contributed by atoms with Crippen LogP contribution >= 0.6 is 22.9 Å². The Kier molecular flexibility index (Phi) is 4.73. The highest BCUT2D eigenvalue weighted by atomic mass is 35.5. The van der Waals surface area contributed by atoms with Crippen LogP contribution in [0.4, 0.5) is 5.69 Å². The third kappa shape index (κ3) is 3.16. The molecule has 20 heavy (non-hydrogen) atoms. The van der Waals surface area contributed by atoms with E-state index in [0.29, 0.717) is 16.5 Å². The Balaban J connectivity index is 2.26. The lowest BCUT2D eigenvalue weighted by Crippen LogP contribution is -2.08. The van der Waals surface area contributed by atoms with Gasteiger partial charge in [-0.2, -0.15) is 0 Å². The van der Waals surface area contributed by atoms with Gasteiger partial charge in [-0.3, -0.25) is 0 Å². The monoisotopic (exact) mass is 312 g/mol. The topological polar surface area (TPSA) is 43.4 Å². The van der Waals surface area contributed by atoms with Crippen molar-refractivity contribution < 1.29 is 9.47 Å². The number of anilines is 1. The number of hydrogen-bond acceptors (Lipinski definition) is 5. The van der Waals surface area contributed by atoms with Crippen LogP contribution < -0.4 is 14.8 Å². The van der Waals surface area contributed by atoms with E-state index in [1.54, 1.807) is 37.7 Å². The van der Waals surface area contributed by atoms with Crippen LogP contribution in [0.15, 0.2) is 17.5 Å². The largest absolute Gasteiger partial charge is 0.495 e. The molecule has 2 rings (SSSR count). The molecule has 0 amide bonds. The van der Waals surface area contributed by atoms with Gasteiger partial charge in [-0.25, -0.2) is 4.98 Å². The molecule has 1 unspecified atom stereocenters. The average Bonchev–Trinajstić information content (AvgIpc) is 2.86. The summed E-state index contributed by atoms with van der Waals surface area (Å²) in [5.74, 6) is 1.27. The minimum Gasteiger partial charge on any atom is -0.495 e. The molecule has 4 nitrogen and oxygen atoms in total. The number of aryl methyl sites for hydroxylation is 1. The van der Waals surface area contributed by atoms with Gasteiger partial charge in [-0.1, -0.05) is 11.6 Å². The quantitative estimate of drug-likeness (QED) is 0.894. The minimum atomic E-state index is 0.0679. The number of aromatic nitrogens is 1. The predicted molar refractivity (Wildman–Crippen MR) is 83.4 cm³/mol. The third-order valence-electron chi connectivity index (χ3n) is 2.93. The fourth-order valence-electron chi connectivity index (χ4n) is 1.86. The number of ether oxygens (including phenoxy) is 2. The summed E-state index contributed by atoms with van der Waals surface area (Å²) in [7, 11) is 3.19. The van der Waals surface area contributed by atoms with E-state index in [1.165, 1.54) is 0 Å². The number of benzene rings is 1. The van der Waals surface area contributed by atoms with Gasteiger partial charge in [-0.05, 0) is 19.9 Å². The van der Waals surface area contributed by atoms with Gasteiger partial charge < -0.3 is 14.8 Å². The molecule has 1 atom stereocenters. The van der Waals surface area contributed by atoms with Gasteiger partial charge in [0.25, 0.3) is 0 Å². The maximum atomic E-state index is 6.16. The molecule has 0 radical (unpaired) electrons. The molecule has 1 heterocycles. The summed E-state index contributed by atoms with van der Waals surface area (Å²) in [6.07, 6.45) is 0. The lowest BCUT2D eigenvalue weighted by molar-refractivity contribution is 0.395. The number of methoxy groups -OCH3 is 2. The van der Waals surface area contributed by atoms with Gasteiger partial charge in [0, 0.05) is 11.4 Å². The number of nitrogens with zero attached hydrogens (tertiary/aromatic N) is 1. The van der Waals surface area contributed by atoms with Crippen molar-refractivity contribution in [2.24, 2.45) is 0 Å². The predicted octanol–water partition coefficient (Wildman–Crippen LogP) is 4.30. The summed E-state index contributed by atoms with van der Waals surface area (Å²) in [6, 6.07) is 3.64. The Morgan fingerprint density at radius 1 is 1.25 bits per heavy atom. The van der Waals surface area contributed by atoms with Crippen LogP contribution in [0.3, 0.4) is 0 Å². The Bertz CT molecular complexity index is 601. The second kappa shape index (κ2) is 6.33. The van der Waals surface area contributed by atoms with Gasteiger partial charge in [0.1, 0.15) is 11.5 Å². The maximum absolute atomic E-state index is 6.16. The Labute approximate surface area is 127 Å². The molecule has 0 aliphatic carbocycles. The van der Waals surface area contributed by atoms with Gasteiger partial charge in [0.15, 0.2) is 0 Å². The minimum absolute atomic E-state index is 0.0679. The van der Waals surface area contributed by atoms with Gasteiger partial charge in [-0.15, -0.1) is 11.3 Å². The highest BCUT2D eigenvalue weighted by Crippen LogP contribution is 2.37. The molecule has 0 saturated carbocycles. The van der Waals surface area contributed by atoms with Crippen molar-refractivity contribution in [3.63, 3.8) is 0 Å². The second-order valence-corrected chi connectivity index (χ2v) is 5.81. The molecular formula is C14H17ClN2O2S. The van der Waals surface area contributed by atoms with Crippen molar-refractivity contribution in [1.82, 2.24) is 4.98 Å². The van der Waals surface area contributed by atoms with E-state index in [9.17, 15) is 0 Å². The highest BCUT2D eigenvalue weighted by Gasteiger charge is 2.14. The molecule has 1 N–H and O–H groups in total. The average molecular weight is 313 g/mol. The SMILES string of the molecule is COc1cc(OC)c(NC(C)c2csc(C)n2)cc1Cl. The summed E-state index contributed by atoms with van der Waals surface area (Å²) < 4.78 is 10.6. The number of halogens is 1. The maximum Gasteiger partial charge on any atom is 0.145 e. The van der Waals surface area contributed by atoms with E-state index >= 15 is 0 Å². The van der Waals surface area contributed by atoms with Crippen LogP contribution in [-0.2, 0) is 0 Å². The van der Waals surface area contributed by atoms with Crippen molar-refractivity contribution >= 4 is 28.6 Å². The van der Waals surface area contributed by atoms with Crippen LogP contribution in [0.2, 0.25) is 5.02 Å². The van der Waals surface area contributed by atoms with Crippen LogP contribution in [0.1, 0.15) is 23.7 Å². The summed E-state index contributed by atoms with van der Waals surface area (Å²) in [5, 5.41) is 7.00.